The number of nitriles is 1. The fourth-order valence-corrected chi connectivity index (χ4v) is 4.64. The second-order valence-electron chi connectivity index (χ2n) is 7.62. The van der Waals surface area contributed by atoms with E-state index in [4.69, 9.17) is 43.7 Å². The molecule has 0 radical (unpaired) electrons. The van der Waals surface area contributed by atoms with Gasteiger partial charge in [0.2, 0.25) is 5.91 Å². The number of aromatic nitrogens is 3. The molecule has 0 unspecified atom stereocenters. The lowest BCUT2D eigenvalue weighted by Crippen LogP contribution is -2.38. The third-order valence-corrected chi connectivity index (χ3v) is 6.38. The molecule has 0 spiro atoms. The fraction of sp³-hybridized carbons (Fsp3) is 0.409. The molecule has 4 rings (SSSR count). The van der Waals surface area contributed by atoms with E-state index in [1.54, 1.807) is 18.5 Å². The number of benzene rings is 1. The molecule has 0 bridgehead atoms. The van der Waals surface area contributed by atoms with Crippen molar-refractivity contribution in [1.82, 2.24) is 19.7 Å². The molecule has 1 aliphatic heterocycles. The third kappa shape index (κ3) is 4.66. The lowest BCUT2D eigenvalue weighted by Gasteiger charge is -2.30. The molecule has 0 atom stereocenters. The number of aromatic amines is 1. The van der Waals surface area contributed by atoms with Gasteiger partial charge in [-0.15, -0.1) is 0 Å². The van der Waals surface area contributed by atoms with Gasteiger partial charge in [-0.05, 0) is 6.42 Å². The maximum absolute atomic E-state index is 12.9. The van der Waals surface area contributed by atoms with Crippen molar-refractivity contribution in [1.29, 1.82) is 5.26 Å². The average Bonchev–Trinajstić information content (AvgIpc) is 3.46. The summed E-state index contributed by atoms with van der Waals surface area (Å²) in [6.07, 6.45) is 4.53. The summed E-state index contributed by atoms with van der Waals surface area (Å²) in [6, 6.07) is 3.62. The molecule has 1 amide bonds. The first-order chi connectivity index (χ1) is 16.1. The quantitative estimate of drug-likeness (QED) is 0.443. The van der Waals surface area contributed by atoms with Gasteiger partial charge in [0, 0.05) is 61.7 Å². The van der Waals surface area contributed by atoms with E-state index in [0.29, 0.717) is 68.0 Å². The number of carbonyl (C=O) groups is 1. The number of hydrogen-bond acceptors (Lipinski definition) is 6. The first-order valence-electron chi connectivity index (χ1n) is 10.6. The zero-order valence-corrected chi connectivity index (χ0v) is 19.5. The summed E-state index contributed by atoms with van der Waals surface area (Å²) in [4.78, 5) is 14.7. The predicted molar refractivity (Wildman–Crippen MR) is 125 cm³/mol. The Morgan fingerprint density at radius 3 is 2.91 bits per heavy atom. The molecule has 0 saturated heterocycles. The summed E-state index contributed by atoms with van der Waals surface area (Å²) in [6.45, 7) is 2.83. The van der Waals surface area contributed by atoms with Crippen molar-refractivity contribution in [2.24, 2.45) is 5.73 Å². The van der Waals surface area contributed by atoms with E-state index < -0.39 is 0 Å². The van der Waals surface area contributed by atoms with Gasteiger partial charge in [0.1, 0.15) is 11.8 Å². The molecule has 33 heavy (non-hydrogen) atoms. The monoisotopic (exact) mass is 490 g/mol. The van der Waals surface area contributed by atoms with Crippen LogP contribution in [0.2, 0.25) is 10.0 Å². The predicted octanol–water partition coefficient (Wildman–Crippen LogP) is 3.34. The number of ether oxygens (including phenoxy) is 2. The van der Waals surface area contributed by atoms with Gasteiger partial charge in [-0.1, -0.05) is 23.2 Å². The third-order valence-electron chi connectivity index (χ3n) is 5.60. The van der Waals surface area contributed by atoms with Crippen molar-refractivity contribution >= 4 is 40.0 Å². The smallest absolute Gasteiger partial charge is 0.223 e. The second-order valence-corrected chi connectivity index (χ2v) is 8.41. The summed E-state index contributed by atoms with van der Waals surface area (Å²) in [7, 11) is 0. The van der Waals surface area contributed by atoms with Crippen LogP contribution in [0.3, 0.4) is 0 Å². The van der Waals surface area contributed by atoms with E-state index in [1.807, 2.05) is 11.0 Å². The normalized spacial score (nSPS) is 13.2. The van der Waals surface area contributed by atoms with Gasteiger partial charge in [0.15, 0.2) is 6.61 Å². The van der Waals surface area contributed by atoms with Crippen molar-refractivity contribution in [3.63, 3.8) is 0 Å². The maximum atomic E-state index is 12.9. The number of halogens is 2. The molecule has 3 aromatic rings. The SMILES string of the molecule is N#CCOc1cc(Cl)c(Cl)c2c1c(-c1cn[nH]c1)c1n2CCN(C(=O)CCCOCCN)C1. The van der Waals surface area contributed by atoms with Gasteiger partial charge >= 0.3 is 0 Å². The zero-order valence-electron chi connectivity index (χ0n) is 17.9. The Balaban J connectivity index is 1.73. The first kappa shape index (κ1) is 23.4. The molecule has 9 nitrogen and oxygen atoms in total. The number of amides is 1. The molecule has 1 aliphatic rings. The van der Waals surface area contributed by atoms with E-state index in [1.165, 1.54) is 0 Å². The van der Waals surface area contributed by atoms with E-state index in [-0.39, 0.29) is 12.5 Å². The van der Waals surface area contributed by atoms with Gasteiger partial charge in [-0.2, -0.15) is 10.4 Å². The van der Waals surface area contributed by atoms with Crippen molar-refractivity contribution < 1.29 is 14.3 Å². The molecule has 3 N–H and O–H groups in total. The highest BCUT2D eigenvalue weighted by Crippen LogP contribution is 2.47. The molecule has 2 aromatic heterocycles. The van der Waals surface area contributed by atoms with Crippen LogP contribution < -0.4 is 10.5 Å². The van der Waals surface area contributed by atoms with Crippen LogP contribution in [0.1, 0.15) is 18.5 Å². The van der Waals surface area contributed by atoms with Crippen LogP contribution in [-0.4, -0.2) is 58.5 Å². The Labute approximate surface area is 200 Å². The number of fused-ring (bicyclic) bond motifs is 3. The van der Waals surface area contributed by atoms with Crippen molar-refractivity contribution in [2.75, 3.05) is 32.9 Å². The van der Waals surface area contributed by atoms with Crippen LogP contribution in [0, 0.1) is 11.3 Å². The summed E-state index contributed by atoms with van der Waals surface area (Å²) >= 11 is 13.1. The number of nitrogens with two attached hydrogens (primary N) is 1. The Hall–Kier alpha value is -2.77. The van der Waals surface area contributed by atoms with Crippen LogP contribution >= 0.6 is 23.2 Å². The number of nitrogens with one attached hydrogen (secondary N) is 1. The fourth-order valence-electron chi connectivity index (χ4n) is 4.20. The van der Waals surface area contributed by atoms with E-state index in [0.717, 1.165) is 27.7 Å². The minimum absolute atomic E-state index is 0.0612. The molecule has 0 aliphatic carbocycles. The van der Waals surface area contributed by atoms with Gasteiger partial charge in [-0.3, -0.25) is 9.89 Å². The highest BCUT2D eigenvalue weighted by Gasteiger charge is 2.30. The minimum atomic E-state index is -0.130. The maximum Gasteiger partial charge on any atom is 0.223 e. The molecular weight excluding hydrogens is 467 g/mol. The molecule has 0 saturated carbocycles. The Bertz CT molecular complexity index is 1190. The molecule has 1 aromatic carbocycles. The van der Waals surface area contributed by atoms with Crippen molar-refractivity contribution in [2.45, 2.75) is 25.9 Å². The average molecular weight is 491 g/mol. The summed E-state index contributed by atoms with van der Waals surface area (Å²) in [5.41, 5.74) is 8.75. The minimum Gasteiger partial charge on any atom is -0.478 e. The topological polar surface area (TPSA) is 122 Å². The first-order valence-corrected chi connectivity index (χ1v) is 11.4. The number of H-pyrrole nitrogens is 1. The number of nitrogens with zero attached hydrogens (tertiary/aromatic N) is 4. The lowest BCUT2D eigenvalue weighted by atomic mass is 10.0. The number of rotatable bonds is 9. The molecule has 174 valence electrons. The van der Waals surface area contributed by atoms with Crippen molar-refractivity contribution in [3.8, 4) is 22.9 Å². The van der Waals surface area contributed by atoms with Gasteiger partial charge in [0.05, 0.1) is 40.3 Å². The molecule has 11 heteroatoms. The van der Waals surface area contributed by atoms with Crippen molar-refractivity contribution in [3.05, 3.63) is 34.2 Å². The number of carbonyl (C=O) groups excluding carboxylic acids is 1. The standard InChI is InChI=1S/C22H24Cl2N6O3/c23-15-10-17(33-9-4-26)20-19(14-11-27-28-12-14)16-13-29(5-6-30(16)22(20)21(15)24)18(31)2-1-7-32-8-3-25/h10-12H,1-3,5-9,13,25H2,(H,27,28). The van der Waals surface area contributed by atoms with Crippen LogP contribution in [0.4, 0.5) is 0 Å². The van der Waals surface area contributed by atoms with E-state index in [9.17, 15) is 4.79 Å². The van der Waals surface area contributed by atoms with Gasteiger partial charge in [0.25, 0.3) is 0 Å². The molecular formula is C22H24Cl2N6O3. The Morgan fingerprint density at radius 2 is 2.18 bits per heavy atom. The van der Waals surface area contributed by atoms with Crippen LogP contribution in [0.15, 0.2) is 18.5 Å². The number of hydrogen-bond donors (Lipinski definition) is 2. The van der Waals surface area contributed by atoms with Crippen LogP contribution in [0.25, 0.3) is 22.0 Å². The lowest BCUT2D eigenvalue weighted by molar-refractivity contribution is -0.133. The van der Waals surface area contributed by atoms with Crippen LogP contribution in [-0.2, 0) is 22.6 Å². The van der Waals surface area contributed by atoms with Crippen LogP contribution in [0.5, 0.6) is 5.75 Å². The molecule has 3 heterocycles. The van der Waals surface area contributed by atoms with Gasteiger partial charge < -0.3 is 24.7 Å². The largest absolute Gasteiger partial charge is 0.478 e. The summed E-state index contributed by atoms with van der Waals surface area (Å²) in [5, 5.41) is 17.5. The molecule has 0 fully saturated rings. The Morgan fingerprint density at radius 1 is 1.33 bits per heavy atom. The van der Waals surface area contributed by atoms with E-state index >= 15 is 0 Å². The summed E-state index contributed by atoms with van der Waals surface area (Å²) < 4.78 is 13.2. The zero-order chi connectivity index (χ0) is 23.4. The van der Waals surface area contributed by atoms with Gasteiger partial charge in [-0.25, -0.2) is 0 Å². The Kier molecular flexibility index (Phi) is 7.40. The summed E-state index contributed by atoms with van der Waals surface area (Å²) in [5.74, 6) is 0.528. The highest BCUT2D eigenvalue weighted by atomic mass is 35.5. The highest BCUT2D eigenvalue weighted by molar-refractivity contribution is 6.45. The van der Waals surface area contributed by atoms with E-state index in [2.05, 4.69) is 14.8 Å². The second kappa shape index (κ2) is 10.4.